The second-order valence-corrected chi connectivity index (χ2v) is 16.0. The van der Waals surface area contributed by atoms with Crippen molar-refractivity contribution in [1.82, 2.24) is 4.57 Å². The first-order valence-corrected chi connectivity index (χ1v) is 18.8. The molecular formula is C48H38N2O. The molecule has 246 valence electrons. The molecule has 0 spiro atoms. The molecule has 13 rings (SSSR count). The number of rotatable bonds is 4. The summed E-state index contributed by atoms with van der Waals surface area (Å²) in [6.07, 6.45) is 8.20. The van der Waals surface area contributed by atoms with Crippen LogP contribution in [0.2, 0.25) is 0 Å². The summed E-state index contributed by atoms with van der Waals surface area (Å²) in [4.78, 5) is 2.79. The number of aromatic nitrogens is 1. The first-order valence-electron chi connectivity index (χ1n) is 18.8. The van der Waals surface area contributed by atoms with Crippen LogP contribution in [-0.4, -0.2) is 10.1 Å². The molecule has 4 bridgehead atoms. The number of ether oxygens (including phenoxy) is 1. The Hall–Kier alpha value is -5.54. The van der Waals surface area contributed by atoms with E-state index in [-0.39, 0.29) is 5.54 Å². The van der Waals surface area contributed by atoms with Crippen LogP contribution in [0.5, 0.6) is 11.5 Å². The van der Waals surface area contributed by atoms with Gasteiger partial charge < -0.3 is 14.2 Å². The van der Waals surface area contributed by atoms with Crippen LogP contribution in [-0.2, 0) is 0 Å². The standard InChI is InChI=1S/C48H38N2O/c1-2-8-38-33(7-1)15-16-35-26-37(21-22-39(35)38)50(48-27-30-23-31(28-48)25-32(24-30)29-48)36-19-17-34(18-20-36)40-10-5-13-44-46(40)49-43-12-4-3-9-41(43)42-11-6-14-45(51-44)47(42)49/h1-22,26,30-32H,23-25,27-29H2. The molecule has 4 aliphatic carbocycles. The zero-order valence-corrected chi connectivity index (χ0v) is 28.6. The maximum Gasteiger partial charge on any atom is 0.152 e. The van der Waals surface area contributed by atoms with Gasteiger partial charge in [-0.2, -0.15) is 0 Å². The summed E-state index contributed by atoms with van der Waals surface area (Å²) >= 11 is 0. The Labute approximate surface area is 297 Å². The van der Waals surface area contributed by atoms with Crippen LogP contribution in [0, 0.1) is 17.8 Å². The molecule has 4 fully saturated rings. The summed E-state index contributed by atoms with van der Waals surface area (Å²) in [5, 5.41) is 7.77. The van der Waals surface area contributed by atoms with Crippen molar-refractivity contribution in [2.75, 3.05) is 4.90 Å². The molecule has 51 heavy (non-hydrogen) atoms. The van der Waals surface area contributed by atoms with Crippen LogP contribution in [0.4, 0.5) is 11.4 Å². The Bertz CT molecular complexity index is 2680. The Morgan fingerprint density at radius 3 is 2.00 bits per heavy atom. The van der Waals surface area contributed by atoms with Crippen LogP contribution in [0.3, 0.4) is 0 Å². The van der Waals surface area contributed by atoms with Crippen LogP contribution in [0.1, 0.15) is 38.5 Å². The van der Waals surface area contributed by atoms with E-state index in [4.69, 9.17) is 4.74 Å². The second kappa shape index (κ2) is 10.3. The minimum absolute atomic E-state index is 0.167. The lowest BCUT2D eigenvalue weighted by Gasteiger charge is -2.61. The van der Waals surface area contributed by atoms with E-state index in [9.17, 15) is 0 Å². The fraction of sp³-hybridized carbons (Fsp3) is 0.208. The minimum atomic E-state index is 0.167. The number of hydrogen-bond acceptors (Lipinski definition) is 2. The van der Waals surface area contributed by atoms with E-state index in [1.54, 1.807) is 0 Å². The van der Waals surface area contributed by atoms with Gasteiger partial charge in [-0.1, -0.05) is 97.1 Å². The number of hydrogen-bond donors (Lipinski definition) is 0. The predicted octanol–water partition coefficient (Wildman–Crippen LogP) is 13.0. The first-order chi connectivity index (χ1) is 25.2. The molecular weight excluding hydrogens is 621 g/mol. The van der Waals surface area contributed by atoms with Crippen molar-refractivity contribution in [3.63, 3.8) is 0 Å². The van der Waals surface area contributed by atoms with Gasteiger partial charge in [-0.05, 0) is 126 Å². The fourth-order valence-electron chi connectivity index (χ4n) is 11.5. The van der Waals surface area contributed by atoms with Gasteiger partial charge in [0.25, 0.3) is 0 Å². The molecule has 7 aromatic carbocycles. The largest absolute Gasteiger partial charge is 0.453 e. The molecule has 0 saturated heterocycles. The summed E-state index contributed by atoms with van der Waals surface area (Å²) in [7, 11) is 0. The van der Waals surface area contributed by atoms with Crippen LogP contribution in [0.15, 0.2) is 140 Å². The molecule has 8 aromatic rings. The maximum absolute atomic E-state index is 6.63. The van der Waals surface area contributed by atoms with Gasteiger partial charge in [-0.3, -0.25) is 0 Å². The van der Waals surface area contributed by atoms with E-state index < -0.39 is 0 Å². The van der Waals surface area contributed by atoms with Crippen molar-refractivity contribution in [3.8, 4) is 28.3 Å². The molecule has 1 aliphatic heterocycles. The van der Waals surface area contributed by atoms with Crippen molar-refractivity contribution in [1.29, 1.82) is 0 Å². The van der Waals surface area contributed by atoms with Crippen molar-refractivity contribution in [3.05, 3.63) is 140 Å². The molecule has 3 heteroatoms. The smallest absolute Gasteiger partial charge is 0.152 e. The van der Waals surface area contributed by atoms with Gasteiger partial charge in [0.05, 0.1) is 16.7 Å². The number of anilines is 2. The average molecular weight is 659 g/mol. The molecule has 0 N–H and O–H groups in total. The SMILES string of the molecule is c1cc2c(c(-c3ccc(N(c4ccc5c(ccc6ccccc65)c4)C45CC6CC(CC(C6)C4)C5)cc3)c1)-n1c3ccccc3c3cccc(c31)O2. The summed E-state index contributed by atoms with van der Waals surface area (Å²) in [5.74, 6) is 4.38. The molecule has 4 saturated carbocycles. The highest BCUT2D eigenvalue weighted by Crippen LogP contribution is 2.60. The minimum Gasteiger partial charge on any atom is -0.453 e. The third-order valence-corrected chi connectivity index (χ3v) is 13.0. The van der Waals surface area contributed by atoms with Gasteiger partial charge in [0.2, 0.25) is 0 Å². The quantitative estimate of drug-likeness (QED) is 0.175. The molecule has 2 heterocycles. The van der Waals surface area contributed by atoms with Gasteiger partial charge in [0, 0.05) is 33.2 Å². The average Bonchev–Trinajstić information content (AvgIpc) is 3.50. The molecule has 0 unspecified atom stereocenters. The predicted molar refractivity (Wildman–Crippen MR) is 211 cm³/mol. The van der Waals surface area contributed by atoms with Crippen molar-refractivity contribution in [2.24, 2.45) is 17.8 Å². The Morgan fingerprint density at radius 1 is 0.529 bits per heavy atom. The zero-order valence-electron chi connectivity index (χ0n) is 28.6. The molecule has 0 atom stereocenters. The van der Waals surface area contributed by atoms with Gasteiger partial charge in [-0.15, -0.1) is 0 Å². The summed E-state index contributed by atoms with van der Waals surface area (Å²) in [6.45, 7) is 0. The van der Waals surface area contributed by atoms with E-state index >= 15 is 0 Å². The number of benzene rings is 7. The number of para-hydroxylation sites is 3. The van der Waals surface area contributed by atoms with Gasteiger partial charge >= 0.3 is 0 Å². The third kappa shape index (κ3) is 4.01. The lowest BCUT2D eigenvalue weighted by molar-refractivity contribution is 0.000565. The first kappa shape index (κ1) is 28.2. The highest BCUT2D eigenvalue weighted by molar-refractivity contribution is 6.13. The van der Waals surface area contributed by atoms with Crippen molar-refractivity contribution >= 4 is 54.7 Å². The lowest BCUT2D eigenvalue weighted by atomic mass is 9.52. The van der Waals surface area contributed by atoms with E-state index in [1.807, 2.05) is 0 Å². The van der Waals surface area contributed by atoms with Gasteiger partial charge in [0.15, 0.2) is 11.5 Å². The Kier molecular flexibility index (Phi) is 5.67. The molecule has 0 amide bonds. The molecule has 3 nitrogen and oxygen atoms in total. The number of fused-ring (bicyclic) bond motifs is 8. The number of nitrogens with zero attached hydrogens (tertiary/aromatic N) is 2. The Morgan fingerprint density at radius 2 is 1.18 bits per heavy atom. The van der Waals surface area contributed by atoms with Crippen LogP contribution in [0.25, 0.3) is 60.2 Å². The van der Waals surface area contributed by atoms with E-state index in [1.165, 1.54) is 98.9 Å². The highest BCUT2D eigenvalue weighted by atomic mass is 16.5. The monoisotopic (exact) mass is 658 g/mol. The molecule has 0 radical (unpaired) electrons. The second-order valence-electron chi connectivity index (χ2n) is 16.0. The molecule has 5 aliphatic rings. The fourth-order valence-corrected chi connectivity index (χ4v) is 11.5. The topological polar surface area (TPSA) is 17.4 Å². The summed E-state index contributed by atoms with van der Waals surface area (Å²) in [5.41, 5.74) is 8.68. The summed E-state index contributed by atoms with van der Waals surface area (Å²) < 4.78 is 9.06. The van der Waals surface area contributed by atoms with Crippen LogP contribution < -0.4 is 9.64 Å². The highest BCUT2D eigenvalue weighted by Gasteiger charge is 2.54. The normalized spacial score (nSPS) is 22.9. The molecule has 1 aromatic heterocycles. The van der Waals surface area contributed by atoms with Gasteiger partial charge in [0.1, 0.15) is 0 Å². The van der Waals surface area contributed by atoms with Crippen molar-refractivity contribution < 1.29 is 4.74 Å². The third-order valence-electron chi connectivity index (χ3n) is 13.0. The lowest BCUT2D eigenvalue weighted by Crippen LogP contribution is -2.58. The summed E-state index contributed by atoms with van der Waals surface area (Å²) in [6, 6.07) is 51.9. The van der Waals surface area contributed by atoms with E-state index in [0.29, 0.717) is 0 Å². The van der Waals surface area contributed by atoms with Gasteiger partial charge in [-0.25, -0.2) is 0 Å². The van der Waals surface area contributed by atoms with E-state index in [0.717, 1.165) is 40.5 Å². The van der Waals surface area contributed by atoms with Crippen LogP contribution >= 0.6 is 0 Å². The maximum atomic E-state index is 6.63. The van der Waals surface area contributed by atoms with E-state index in [2.05, 4.69) is 149 Å². The van der Waals surface area contributed by atoms with Crippen molar-refractivity contribution in [2.45, 2.75) is 44.1 Å². The Balaban J connectivity index is 1.02. The zero-order chi connectivity index (χ0) is 33.3.